The second-order valence-electron chi connectivity index (χ2n) is 11.2. The molecule has 0 amide bonds. The fourth-order valence-corrected chi connectivity index (χ4v) is 11.1. The number of aromatic nitrogens is 2. The number of nitrogens with zero attached hydrogens (tertiary/aromatic N) is 2. The molecular weight excluding hydrogens is 480 g/mol. The summed E-state index contributed by atoms with van der Waals surface area (Å²) in [6, 6.07) is 35.6. The van der Waals surface area contributed by atoms with Crippen molar-refractivity contribution in [2.75, 3.05) is 0 Å². The smallest absolute Gasteiger partial charge is 0.355 e. The molecule has 0 radical (unpaired) electrons. The second-order valence-corrected chi connectivity index (χ2v) is 14.4. The van der Waals surface area contributed by atoms with Gasteiger partial charge in [0.05, 0.1) is 27.7 Å². The van der Waals surface area contributed by atoms with Gasteiger partial charge < -0.3 is 4.43 Å². The number of para-hydroxylation sites is 1. The van der Waals surface area contributed by atoms with Crippen LogP contribution >= 0.6 is 0 Å². The van der Waals surface area contributed by atoms with E-state index >= 15 is 0 Å². The first-order valence-electron chi connectivity index (χ1n) is 13.7. The number of pyridine rings is 1. The lowest BCUT2D eigenvalue weighted by Gasteiger charge is -2.35. The maximum atomic E-state index is 7.47. The normalized spacial score (nSPS) is 14.3. The second kappa shape index (κ2) is 8.30. The van der Waals surface area contributed by atoms with E-state index in [0.717, 1.165) is 5.75 Å². The summed E-state index contributed by atoms with van der Waals surface area (Å²) < 4.78 is 12.5. The summed E-state index contributed by atoms with van der Waals surface area (Å²) in [5.74, 6) is 1.39. The minimum atomic E-state index is -2.90. The third-order valence-electron chi connectivity index (χ3n) is 8.29. The van der Waals surface area contributed by atoms with Crippen molar-refractivity contribution in [3.05, 3.63) is 108 Å². The minimum Gasteiger partial charge on any atom is -0.529 e. The van der Waals surface area contributed by atoms with Gasteiger partial charge in [-0.15, -0.1) is 4.68 Å². The largest absolute Gasteiger partial charge is 0.529 e. The zero-order valence-electron chi connectivity index (χ0n) is 22.7. The number of hydrogen-bond acceptors (Lipinski definition) is 1. The van der Waals surface area contributed by atoms with Crippen LogP contribution in [0.5, 0.6) is 5.75 Å². The number of benzene rings is 4. The van der Waals surface area contributed by atoms with E-state index in [4.69, 9.17) is 4.43 Å². The van der Waals surface area contributed by atoms with Gasteiger partial charge in [-0.25, -0.2) is 0 Å². The van der Waals surface area contributed by atoms with Crippen LogP contribution in [0.1, 0.15) is 50.9 Å². The van der Waals surface area contributed by atoms with Crippen molar-refractivity contribution in [2.24, 2.45) is 0 Å². The molecule has 0 saturated heterocycles. The molecule has 4 aromatic carbocycles. The Morgan fingerprint density at radius 1 is 0.684 bits per heavy atom. The van der Waals surface area contributed by atoms with E-state index < -0.39 is 8.32 Å². The molecule has 0 atom stereocenters. The average molecular weight is 514 g/mol. The monoisotopic (exact) mass is 513 g/mol. The molecule has 4 heteroatoms. The molecule has 0 aliphatic carbocycles. The van der Waals surface area contributed by atoms with Crippen molar-refractivity contribution in [1.29, 1.82) is 0 Å². The minimum absolute atomic E-state index is 0.278. The zero-order chi connectivity index (χ0) is 26.2. The van der Waals surface area contributed by atoms with Gasteiger partial charge in [0.2, 0.25) is 5.52 Å². The fourth-order valence-electron chi connectivity index (χ4n) is 6.84. The first-order valence-corrected chi connectivity index (χ1v) is 15.6. The van der Waals surface area contributed by atoms with Gasteiger partial charge in [-0.3, -0.25) is 0 Å². The molecule has 0 fully saturated rings. The van der Waals surface area contributed by atoms with Gasteiger partial charge in [0.15, 0.2) is 0 Å². The van der Waals surface area contributed by atoms with E-state index in [1.165, 1.54) is 54.0 Å². The van der Waals surface area contributed by atoms with E-state index in [-0.39, 0.29) is 6.04 Å². The van der Waals surface area contributed by atoms with Crippen molar-refractivity contribution in [3.63, 3.8) is 0 Å². The summed E-state index contributed by atoms with van der Waals surface area (Å²) in [4.78, 5) is 0. The molecule has 0 saturated carbocycles. The van der Waals surface area contributed by atoms with Crippen LogP contribution in [0.3, 0.4) is 0 Å². The van der Waals surface area contributed by atoms with E-state index in [1.807, 2.05) is 0 Å². The van der Waals surface area contributed by atoms with Crippen LogP contribution in [0.4, 0.5) is 0 Å². The number of hydrogen-bond donors (Lipinski definition) is 0. The van der Waals surface area contributed by atoms with E-state index in [9.17, 15) is 0 Å². The first kappa shape index (κ1) is 23.2. The molecule has 6 aromatic rings. The highest BCUT2D eigenvalue weighted by Crippen LogP contribution is 2.40. The molecule has 0 bridgehead atoms. The van der Waals surface area contributed by atoms with Gasteiger partial charge in [-0.1, -0.05) is 103 Å². The van der Waals surface area contributed by atoms with Gasteiger partial charge in [0.25, 0.3) is 5.52 Å². The average Bonchev–Trinajstić information content (AvgIpc) is 3.26. The molecule has 0 N–H and O–H groups in total. The Morgan fingerprint density at radius 3 is 1.89 bits per heavy atom. The summed E-state index contributed by atoms with van der Waals surface area (Å²) >= 11 is 0. The third kappa shape index (κ3) is 2.92. The molecule has 3 nitrogen and oxygen atoms in total. The van der Waals surface area contributed by atoms with Gasteiger partial charge in [0, 0.05) is 10.9 Å². The van der Waals surface area contributed by atoms with Crippen molar-refractivity contribution >= 4 is 51.1 Å². The predicted octanol–water partition coefficient (Wildman–Crippen LogP) is 5.91. The van der Waals surface area contributed by atoms with Crippen LogP contribution < -0.4 is 24.5 Å². The van der Waals surface area contributed by atoms with Gasteiger partial charge in [-0.2, -0.15) is 0 Å². The van der Waals surface area contributed by atoms with Crippen molar-refractivity contribution in [2.45, 2.75) is 46.6 Å². The Bertz CT molecular complexity index is 1810. The summed E-state index contributed by atoms with van der Waals surface area (Å²) in [5, 5.41) is 7.70. The van der Waals surface area contributed by atoms with Crippen LogP contribution in [-0.4, -0.2) is 13.0 Å². The molecular formula is C34H33N2OSi+. The lowest BCUT2D eigenvalue weighted by atomic mass is 9.96. The van der Waals surface area contributed by atoms with Gasteiger partial charge >= 0.3 is 8.32 Å². The highest BCUT2D eigenvalue weighted by Gasteiger charge is 2.54. The van der Waals surface area contributed by atoms with Crippen LogP contribution in [0.15, 0.2) is 97.1 Å². The molecule has 188 valence electrons. The van der Waals surface area contributed by atoms with Gasteiger partial charge in [0.1, 0.15) is 5.75 Å². The summed E-state index contributed by atoms with van der Waals surface area (Å²) in [6.07, 6.45) is 0. The number of rotatable bonds is 4. The molecule has 3 heterocycles. The number of fused-ring (bicyclic) bond motifs is 3. The topological polar surface area (TPSA) is 18.3 Å². The quantitative estimate of drug-likeness (QED) is 0.163. The highest BCUT2D eigenvalue weighted by atomic mass is 28.4. The molecule has 38 heavy (non-hydrogen) atoms. The zero-order valence-corrected chi connectivity index (χ0v) is 23.7. The summed E-state index contributed by atoms with van der Waals surface area (Å²) in [7, 11) is -2.90. The van der Waals surface area contributed by atoms with Crippen LogP contribution in [0.2, 0.25) is 0 Å². The van der Waals surface area contributed by atoms with E-state index in [0.29, 0.717) is 5.92 Å². The standard InChI is InChI=1S/C34H33N2OSi/c1-22(2)27-18-12-20-29-28-19-13-21-30-31(28)33-34(24(5)35(23(3)4)36(33)32(27)29)38(37-30,25-14-8-6-9-15-25)26-16-10-7-11-17-26/h6-23H,1-5H3/q+1. The Hall–Kier alpha value is -3.89. The van der Waals surface area contributed by atoms with Crippen molar-refractivity contribution in [3.8, 4) is 5.75 Å². The van der Waals surface area contributed by atoms with Gasteiger partial charge in [-0.05, 0) is 49.2 Å². The molecule has 1 aliphatic heterocycles. The van der Waals surface area contributed by atoms with E-state index in [2.05, 4.69) is 141 Å². The van der Waals surface area contributed by atoms with Crippen molar-refractivity contribution in [1.82, 2.24) is 4.68 Å². The molecule has 1 aliphatic rings. The third-order valence-corrected chi connectivity index (χ3v) is 12.4. The Balaban J connectivity index is 1.82. The van der Waals surface area contributed by atoms with Crippen LogP contribution in [0.25, 0.3) is 27.2 Å². The summed E-state index contributed by atoms with van der Waals surface area (Å²) in [6.45, 7) is 11.5. The van der Waals surface area contributed by atoms with E-state index in [1.54, 1.807) is 0 Å². The predicted molar refractivity (Wildman–Crippen MR) is 160 cm³/mol. The summed E-state index contributed by atoms with van der Waals surface area (Å²) in [5.41, 5.74) is 5.30. The molecule has 2 aromatic heterocycles. The Labute approximate surface area is 225 Å². The van der Waals surface area contributed by atoms with Crippen LogP contribution in [0, 0.1) is 6.92 Å². The molecule has 0 unspecified atom stereocenters. The maximum absolute atomic E-state index is 7.47. The molecule has 7 rings (SSSR count). The maximum Gasteiger partial charge on any atom is 0.355 e. The van der Waals surface area contributed by atoms with Crippen molar-refractivity contribution < 1.29 is 8.94 Å². The SMILES string of the molecule is Cc1c2c3c4c(cccc4c4cccc(C(C)C)c4[n+]3n1C(C)C)O[Si]2(c1ccccc1)c1ccccc1. The lowest BCUT2D eigenvalue weighted by Crippen LogP contribution is -2.73. The highest BCUT2D eigenvalue weighted by molar-refractivity contribution is 7.09. The Morgan fingerprint density at radius 2 is 1.29 bits per heavy atom. The lowest BCUT2D eigenvalue weighted by molar-refractivity contribution is -0.586. The van der Waals surface area contributed by atoms with Crippen LogP contribution in [-0.2, 0) is 0 Å². The fraction of sp³-hybridized carbons (Fsp3) is 0.206. The first-order chi connectivity index (χ1) is 18.4. The Kier molecular flexibility index (Phi) is 5.08. The molecule has 0 spiro atoms.